The number of amides is 1. The van der Waals surface area contributed by atoms with E-state index in [1.807, 2.05) is 13.2 Å². The SMILES string of the molecule is CSC(C)CNC(=O)c1cc(N)ccc1[N+](=O)[O-]. The molecule has 6 nitrogen and oxygen atoms in total. The highest BCUT2D eigenvalue weighted by molar-refractivity contribution is 7.99. The molecule has 1 rings (SSSR count). The smallest absolute Gasteiger partial charge is 0.282 e. The molecule has 0 aliphatic heterocycles. The van der Waals surface area contributed by atoms with Gasteiger partial charge in [0.05, 0.1) is 4.92 Å². The number of carbonyl (C=O) groups is 1. The molecule has 0 aliphatic carbocycles. The van der Waals surface area contributed by atoms with E-state index in [0.717, 1.165) is 0 Å². The molecule has 7 heteroatoms. The summed E-state index contributed by atoms with van der Waals surface area (Å²) in [6.45, 7) is 2.41. The molecule has 0 aliphatic rings. The fraction of sp³-hybridized carbons (Fsp3) is 0.364. The summed E-state index contributed by atoms with van der Waals surface area (Å²) in [7, 11) is 0. The Morgan fingerprint density at radius 2 is 2.28 bits per heavy atom. The number of thioether (sulfide) groups is 1. The first kappa shape index (κ1) is 14.3. The van der Waals surface area contributed by atoms with Gasteiger partial charge in [-0.3, -0.25) is 14.9 Å². The second-order valence-corrected chi connectivity index (χ2v) is 5.07. The normalized spacial score (nSPS) is 11.9. The van der Waals surface area contributed by atoms with Crippen LogP contribution in [0, 0.1) is 10.1 Å². The van der Waals surface area contributed by atoms with E-state index >= 15 is 0 Å². The number of nitrogens with one attached hydrogen (secondary N) is 1. The van der Waals surface area contributed by atoms with Gasteiger partial charge in [0.1, 0.15) is 5.56 Å². The van der Waals surface area contributed by atoms with Crippen LogP contribution >= 0.6 is 11.8 Å². The minimum Gasteiger partial charge on any atom is -0.399 e. The van der Waals surface area contributed by atoms with E-state index in [1.165, 1.54) is 18.2 Å². The highest BCUT2D eigenvalue weighted by Crippen LogP contribution is 2.21. The lowest BCUT2D eigenvalue weighted by Crippen LogP contribution is -2.29. The molecule has 1 atom stereocenters. The number of hydrogen-bond acceptors (Lipinski definition) is 5. The van der Waals surface area contributed by atoms with Crippen molar-refractivity contribution < 1.29 is 9.72 Å². The van der Waals surface area contributed by atoms with Crippen molar-refractivity contribution in [1.29, 1.82) is 0 Å². The molecule has 0 spiro atoms. The minimum atomic E-state index is -0.591. The first-order valence-electron chi connectivity index (χ1n) is 5.30. The van der Waals surface area contributed by atoms with Crippen LogP contribution in [-0.2, 0) is 0 Å². The van der Waals surface area contributed by atoms with E-state index in [1.54, 1.807) is 11.8 Å². The van der Waals surface area contributed by atoms with Crippen LogP contribution in [0.1, 0.15) is 17.3 Å². The summed E-state index contributed by atoms with van der Waals surface area (Å²) in [5, 5.41) is 13.7. The lowest BCUT2D eigenvalue weighted by molar-refractivity contribution is -0.385. The molecule has 0 saturated carbocycles. The number of nitro benzene ring substituents is 1. The van der Waals surface area contributed by atoms with Crippen molar-refractivity contribution in [2.24, 2.45) is 0 Å². The number of hydrogen-bond donors (Lipinski definition) is 2. The summed E-state index contributed by atoms with van der Waals surface area (Å²) >= 11 is 1.60. The molecule has 0 saturated heterocycles. The standard InChI is InChI=1S/C11H15N3O3S/c1-7(18-2)6-13-11(15)9-5-8(12)3-4-10(9)14(16)17/h3-5,7H,6,12H2,1-2H3,(H,13,15). The number of nitrogens with two attached hydrogens (primary N) is 1. The van der Waals surface area contributed by atoms with Crippen molar-refractivity contribution in [3.8, 4) is 0 Å². The largest absolute Gasteiger partial charge is 0.399 e. The summed E-state index contributed by atoms with van der Waals surface area (Å²) in [5.74, 6) is -0.477. The van der Waals surface area contributed by atoms with Crippen LogP contribution in [0.3, 0.4) is 0 Å². The molecule has 1 aromatic rings. The third-order valence-corrected chi connectivity index (χ3v) is 3.39. The summed E-state index contributed by atoms with van der Waals surface area (Å²) in [6.07, 6.45) is 1.93. The van der Waals surface area contributed by atoms with Crippen LogP contribution < -0.4 is 11.1 Å². The van der Waals surface area contributed by atoms with Crippen LogP contribution in [0.2, 0.25) is 0 Å². The summed E-state index contributed by atoms with van der Waals surface area (Å²) in [6, 6.07) is 3.96. The monoisotopic (exact) mass is 269 g/mol. The first-order chi connectivity index (χ1) is 8.45. The zero-order valence-electron chi connectivity index (χ0n) is 10.2. The molecule has 1 amide bonds. The lowest BCUT2D eigenvalue weighted by Gasteiger charge is -2.10. The summed E-state index contributed by atoms with van der Waals surface area (Å²) in [5.41, 5.74) is 5.62. The highest BCUT2D eigenvalue weighted by atomic mass is 32.2. The van der Waals surface area contributed by atoms with Crippen LogP contribution in [0.5, 0.6) is 0 Å². The Hall–Kier alpha value is -1.76. The van der Waals surface area contributed by atoms with Gasteiger partial charge in [0.25, 0.3) is 11.6 Å². The zero-order valence-corrected chi connectivity index (χ0v) is 11.0. The Morgan fingerprint density at radius 3 is 2.83 bits per heavy atom. The van der Waals surface area contributed by atoms with Gasteiger partial charge in [0.15, 0.2) is 0 Å². The van der Waals surface area contributed by atoms with Gasteiger partial charge in [0.2, 0.25) is 0 Å². The third-order valence-electron chi connectivity index (χ3n) is 2.41. The Kier molecular flexibility index (Phi) is 4.96. The summed E-state index contributed by atoms with van der Waals surface area (Å²) < 4.78 is 0. The van der Waals surface area contributed by atoms with Crippen LogP contribution in [-0.4, -0.2) is 28.9 Å². The molecule has 1 unspecified atom stereocenters. The van der Waals surface area contributed by atoms with Gasteiger partial charge in [0, 0.05) is 23.5 Å². The van der Waals surface area contributed by atoms with Crippen molar-refractivity contribution >= 4 is 29.0 Å². The van der Waals surface area contributed by atoms with E-state index in [9.17, 15) is 14.9 Å². The van der Waals surface area contributed by atoms with Gasteiger partial charge in [-0.1, -0.05) is 6.92 Å². The van der Waals surface area contributed by atoms with Crippen LogP contribution in [0.4, 0.5) is 11.4 Å². The maximum atomic E-state index is 11.9. The predicted octanol–water partition coefficient (Wildman–Crippen LogP) is 1.66. The van der Waals surface area contributed by atoms with Crippen LogP contribution in [0.15, 0.2) is 18.2 Å². The molecule has 0 radical (unpaired) electrons. The lowest BCUT2D eigenvalue weighted by atomic mass is 10.1. The predicted molar refractivity (Wildman–Crippen MR) is 72.8 cm³/mol. The Bertz CT molecular complexity index is 465. The number of nitro groups is 1. The minimum absolute atomic E-state index is 0.00620. The van der Waals surface area contributed by atoms with Crippen molar-refractivity contribution in [1.82, 2.24) is 5.32 Å². The molecular weight excluding hydrogens is 254 g/mol. The zero-order chi connectivity index (χ0) is 13.7. The van der Waals surface area contributed by atoms with E-state index < -0.39 is 10.8 Å². The van der Waals surface area contributed by atoms with E-state index in [2.05, 4.69) is 5.32 Å². The van der Waals surface area contributed by atoms with E-state index in [-0.39, 0.29) is 16.5 Å². The maximum Gasteiger partial charge on any atom is 0.282 e. The molecule has 18 heavy (non-hydrogen) atoms. The van der Waals surface area contributed by atoms with Crippen molar-refractivity contribution in [2.45, 2.75) is 12.2 Å². The molecule has 0 bridgehead atoms. The summed E-state index contributed by atoms with van der Waals surface area (Å²) in [4.78, 5) is 22.1. The van der Waals surface area contributed by atoms with Gasteiger partial charge in [-0.05, 0) is 18.4 Å². The van der Waals surface area contributed by atoms with Crippen molar-refractivity contribution in [2.75, 3.05) is 18.5 Å². The van der Waals surface area contributed by atoms with E-state index in [4.69, 9.17) is 5.73 Å². The Morgan fingerprint density at radius 1 is 1.61 bits per heavy atom. The molecule has 3 N–H and O–H groups in total. The van der Waals surface area contributed by atoms with Crippen molar-refractivity contribution in [3.63, 3.8) is 0 Å². The second-order valence-electron chi connectivity index (χ2n) is 3.79. The van der Waals surface area contributed by atoms with Gasteiger partial charge in [-0.2, -0.15) is 11.8 Å². The number of benzene rings is 1. The number of nitrogens with zero attached hydrogens (tertiary/aromatic N) is 1. The van der Waals surface area contributed by atoms with Gasteiger partial charge < -0.3 is 11.1 Å². The fourth-order valence-corrected chi connectivity index (χ4v) is 1.56. The maximum absolute atomic E-state index is 11.9. The van der Waals surface area contributed by atoms with Crippen molar-refractivity contribution in [3.05, 3.63) is 33.9 Å². The number of nitrogen functional groups attached to an aromatic ring is 1. The average Bonchev–Trinajstić information content (AvgIpc) is 2.34. The molecule has 0 fully saturated rings. The van der Waals surface area contributed by atoms with Gasteiger partial charge in [-0.25, -0.2) is 0 Å². The third kappa shape index (κ3) is 3.63. The molecule has 98 valence electrons. The van der Waals surface area contributed by atoms with Gasteiger partial charge in [-0.15, -0.1) is 0 Å². The van der Waals surface area contributed by atoms with Gasteiger partial charge >= 0.3 is 0 Å². The molecule has 0 heterocycles. The fourth-order valence-electron chi connectivity index (χ4n) is 1.31. The highest BCUT2D eigenvalue weighted by Gasteiger charge is 2.20. The Balaban J connectivity index is 2.90. The Labute approximate surface area is 109 Å². The molecule has 0 aromatic heterocycles. The quantitative estimate of drug-likeness (QED) is 0.481. The average molecular weight is 269 g/mol. The first-order valence-corrected chi connectivity index (χ1v) is 6.59. The van der Waals surface area contributed by atoms with E-state index in [0.29, 0.717) is 12.2 Å². The number of rotatable bonds is 5. The molecule has 1 aromatic carbocycles. The number of carbonyl (C=O) groups excluding carboxylic acids is 1. The number of anilines is 1. The second kappa shape index (κ2) is 6.25. The topological polar surface area (TPSA) is 98.3 Å². The van der Waals surface area contributed by atoms with Crippen LogP contribution in [0.25, 0.3) is 0 Å². The molecular formula is C11H15N3O3S.